The van der Waals surface area contributed by atoms with Gasteiger partial charge < -0.3 is 0 Å². The second-order valence-corrected chi connectivity index (χ2v) is 2.93. The minimum atomic E-state index is 1.07. The molecule has 0 unspecified atom stereocenters. The molecule has 1 heterocycles. The fourth-order valence-electron chi connectivity index (χ4n) is 1.11. The van der Waals surface area contributed by atoms with Crippen molar-refractivity contribution in [2.24, 2.45) is 0 Å². The molecule has 1 aromatic heterocycles. The van der Waals surface area contributed by atoms with Crippen LogP contribution in [0.4, 0.5) is 0 Å². The summed E-state index contributed by atoms with van der Waals surface area (Å²) in [5, 5.41) is 4.30. The molecule has 0 fully saturated rings. The Morgan fingerprint density at radius 1 is 1.45 bits per heavy atom. The highest BCUT2D eigenvalue weighted by Gasteiger charge is 1.92. The molecular weight excluding hydrogens is 136 g/mol. The quantitative estimate of drug-likeness (QED) is 0.606. The van der Waals surface area contributed by atoms with E-state index in [4.69, 9.17) is 0 Å². The highest BCUT2D eigenvalue weighted by Crippen LogP contribution is 1.98. The average Bonchev–Trinajstić information content (AvgIpc) is 2.37. The Morgan fingerprint density at radius 3 is 2.82 bits per heavy atom. The van der Waals surface area contributed by atoms with E-state index < -0.39 is 0 Å². The maximum Gasteiger partial charge on any atom is 0.0593 e. The van der Waals surface area contributed by atoms with E-state index in [2.05, 4.69) is 12.0 Å². The monoisotopic (exact) mass is 152 g/mol. The van der Waals surface area contributed by atoms with Gasteiger partial charge in [-0.15, -0.1) is 0 Å². The van der Waals surface area contributed by atoms with Gasteiger partial charge in [0.05, 0.1) is 5.69 Å². The first-order valence-corrected chi connectivity index (χ1v) is 4.33. The van der Waals surface area contributed by atoms with Crippen LogP contribution >= 0.6 is 0 Å². The minimum absolute atomic E-state index is 1.07. The molecule has 2 heteroatoms. The highest BCUT2D eigenvalue weighted by molar-refractivity contribution is 4.94. The Labute approximate surface area is 68.2 Å². The van der Waals surface area contributed by atoms with Crippen LogP contribution in [0.5, 0.6) is 0 Å². The molecule has 11 heavy (non-hydrogen) atoms. The summed E-state index contributed by atoms with van der Waals surface area (Å²) in [4.78, 5) is 0. The minimum Gasteiger partial charge on any atom is -0.273 e. The van der Waals surface area contributed by atoms with Gasteiger partial charge in [-0.3, -0.25) is 4.68 Å². The van der Waals surface area contributed by atoms with Crippen LogP contribution in [-0.4, -0.2) is 9.78 Å². The molecule has 0 N–H and O–H groups in total. The molecule has 0 amide bonds. The van der Waals surface area contributed by atoms with E-state index in [0.29, 0.717) is 0 Å². The molecule has 62 valence electrons. The molecule has 0 aliphatic carbocycles. The molecule has 0 saturated carbocycles. The van der Waals surface area contributed by atoms with Gasteiger partial charge in [-0.1, -0.05) is 19.8 Å². The predicted octanol–water partition coefficient (Wildman–Crippen LogP) is 2.38. The van der Waals surface area contributed by atoms with Gasteiger partial charge in [0, 0.05) is 12.7 Å². The van der Waals surface area contributed by atoms with Gasteiger partial charge in [-0.05, 0) is 19.4 Å². The van der Waals surface area contributed by atoms with E-state index in [9.17, 15) is 0 Å². The van der Waals surface area contributed by atoms with E-state index in [0.717, 1.165) is 12.2 Å². The van der Waals surface area contributed by atoms with E-state index in [1.165, 1.54) is 19.3 Å². The third-order valence-corrected chi connectivity index (χ3v) is 1.76. The van der Waals surface area contributed by atoms with Gasteiger partial charge in [-0.25, -0.2) is 0 Å². The average molecular weight is 152 g/mol. The summed E-state index contributed by atoms with van der Waals surface area (Å²) >= 11 is 0. The van der Waals surface area contributed by atoms with Gasteiger partial charge in [0.1, 0.15) is 0 Å². The Morgan fingerprint density at radius 2 is 2.27 bits per heavy atom. The van der Waals surface area contributed by atoms with Crippen molar-refractivity contribution in [1.82, 2.24) is 9.78 Å². The normalized spacial score (nSPS) is 10.4. The first-order valence-electron chi connectivity index (χ1n) is 4.33. The van der Waals surface area contributed by atoms with Crippen molar-refractivity contribution in [3.8, 4) is 0 Å². The van der Waals surface area contributed by atoms with Crippen molar-refractivity contribution in [3.05, 3.63) is 18.0 Å². The third kappa shape index (κ3) is 2.74. The SMILES string of the molecule is CCCCCn1ccc(C)n1. The lowest BCUT2D eigenvalue weighted by Crippen LogP contribution is -1.98. The second kappa shape index (κ2) is 4.16. The summed E-state index contributed by atoms with van der Waals surface area (Å²) in [6.07, 6.45) is 5.88. The van der Waals surface area contributed by atoms with Crippen molar-refractivity contribution in [1.29, 1.82) is 0 Å². The Kier molecular flexibility index (Phi) is 3.14. The molecular formula is C9H16N2. The largest absolute Gasteiger partial charge is 0.273 e. The third-order valence-electron chi connectivity index (χ3n) is 1.76. The fourth-order valence-corrected chi connectivity index (χ4v) is 1.11. The lowest BCUT2D eigenvalue weighted by Gasteiger charge is -1.98. The number of nitrogens with zero attached hydrogens (tertiary/aromatic N) is 2. The molecule has 2 nitrogen and oxygen atoms in total. The molecule has 0 atom stereocenters. The number of rotatable bonds is 4. The van der Waals surface area contributed by atoms with Crippen LogP contribution in [0.1, 0.15) is 31.9 Å². The van der Waals surface area contributed by atoms with Crippen molar-refractivity contribution in [3.63, 3.8) is 0 Å². The topological polar surface area (TPSA) is 17.8 Å². The summed E-state index contributed by atoms with van der Waals surface area (Å²) in [6.45, 7) is 5.31. The van der Waals surface area contributed by atoms with Crippen LogP contribution < -0.4 is 0 Å². The molecule has 1 rings (SSSR count). The standard InChI is InChI=1S/C9H16N2/c1-3-4-5-7-11-8-6-9(2)10-11/h6,8H,3-5,7H2,1-2H3. The Bertz CT molecular complexity index is 203. The summed E-state index contributed by atoms with van der Waals surface area (Å²) < 4.78 is 2.02. The first-order chi connectivity index (χ1) is 5.33. The molecule has 0 radical (unpaired) electrons. The van der Waals surface area contributed by atoms with Crippen LogP contribution in [0.3, 0.4) is 0 Å². The van der Waals surface area contributed by atoms with Gasteiger partial charge in [0.25, 0.3) is 0 Å². The molecule has 0 bridgehead atoms. The van der Waals surface area contributed by atoms with Crippen LogP contribution in [0, 0.1) is 6.92 Å². The number of aromatic nitrogens is 2. The Hall–Kier alpha value is -0.790. The molecule has 0 aliphatic rings. The zero-order valence-corrected chi connectivity index (χ0v) is 7.38. The smallest absolute Gasteiger partial charge is 0.0593 e. The first kappa shape index (κ1) is 8.31. The second-order valence-electron chi connectivity index (χ2n) is 2.93. The molecule has 0 spiro atoms. The number of hydrogen-bond acceptors (Lipinski definition) is 1. The van der Waals surface area contributed by atoms with Crippen molar-refractivity contribution in [2.45, 2.75) is 39.7 Å². The highest BCUT2D eigenvalue weighted by atomic mass is 15.3. The van der Waals surface area contributed by atoms with Gasteiger partial charge >= 0.3 is 0 Å². The fraction of sp³-hybridized carbons (Fsp3) is 0.667. The van der Waals surface area contributed by atoms with E-state index in [-0.39, 0.29) is 0 Å². The molecule has 0 saturated heterocycles. The number of aryl methyl sites for hydroxylation is 2. The van der Waals surface area contributed by atoms with Crippen molar-refractivity contribution < 1.29 is 0 Å². The lowest BCUT2D eigenvalue weighted by molar-refractivity contribution is 0.550. The van der Waals surface area contributed by atoms with E-state index in [1.807, 2.05) is 23.9 Å². The summed E-state index contributed by atoms with van der Waals surface area (Å²) in [6, 6.07) is 2.05. The zero-order valence-electron chi connectivity index (χ0n) is 7.38. The van der Waals surface area contributed by atoms with Gasteiger partial charge in [0.2, 0.25) is 0 Å². The van der Waals surface area contributed by atoms with E-state index >= 15 is 0 Å². The predicted molar refractivity (Wildman–Crippen MR) is 46.5 cm³/mol. The summed E-state index contributed by atoms with van der Waals surface area (Å²) in [5.74, 6) is 0. The number of hydrogen-bond donors (Lipinski definition) is 0. The summed E-state index contributed by atoms with van der Waals surface area (Å²) in [7, 11) is 0. The Balaban J connectivity index is 2.27. The zero-order chi connectivity index (χ0) is 8.10. The van der Waals surface area contributed by atoms with Crippen LogP contribution in [0.25, 0.3) is 0 Å². The number of unbranched alkanes of at least 4 members (excludes halogenated alkanes) is 2. The van der Waals surface area contributed by atoms with Crippen LogP contribution in [0.2, 0.25) is 0 Å². The lowest BCUT2D eigenvalue weighted by atomic mass is 10.2. The molecule has 1 aromatic rings. The maximum atomic E-state index is 4.30. The molecule has 0 aliphatic heterocycles. The van der Waals surface area contributed by atoms with Crippen LogP contribution in [-0.2, 0) is 6.54 Å². The maximum absolute atomic E-state index is 4.30. The van der Waals surface area contributed by atoms with Crippen LogP contribution in [0.15, 0.2) is 12.3 Å². The van der Waals surface area contributed by atoms with E-state index in [1.54, 1.807) is 0 Å². The van der Waals surface area contributed by atoms with Crippen molar-refractivity contribution in [2.75, 3.05) is 0 Å². The summed E-state index contributed by atoms with van der Waals surface area (Å²) in [5.41, 5.74) is 1.11. The molecule has 0 aromatic carbocycles. The van der Waals surface area contributed by atoms with Gasteiger partial charge in [0.15, 0.2) is 0 Å². The van der Waals surface area contributed by atoms with Crippen molar-refractivity contribution >= 4 is 0 Å². The van der Waals surface area contributed by atoms with Gasteiger partial charge in [-0.2, -0.15) is 5.10 Å².